The first kappa shape index (κ1) is 10.1. The molecule has 0 amide bonds. The topological polar surface area (TPSA) is 26.7 Å². The first-order chi connectivity index (χ1) is 7.33. The molecule has 3 fully saturated rings. The van der Waals surface area contributed by atoms with E-state index in [-0.39, 0.29) is 6.10 Å². The van der Waals surface area contributed by atoms with Crippen molar-refractivity contribution in [3.8, 4) is 0 Å². The molecule has 3 heteroatoms. The van der Waals surface area contributed by atoms with Gasteiger partial charge in [-0.2, -0.15) is 0 Å². The lowest BCUT2D eigenvalue weighted by Crippen LogP contribution is -2.50. The van der Waals surface area contributed by atoms with E-state index in [0.717, 1.165) is 18.9 Å². The van der Waals surface area contributed by atoms with Gasteiger partial charge in [-0.3, -0.25) is 9.80 Å². The molecule has 86 valence electrons. The molecule has 3 aliphatic rings. The Balaban J connectivity index is 1.48. The molecule has 3 rings (SSSR count). The lowest BCUT2D eigenvalue weighted by atomic mass is 10.2. The van der Waals surface area contributed by atoms with Crippen LogP contribution in [0, 0.1) is 0 Å². The number of rotatable bonds is 2. The summed E-state index contributed by atoms with van der Waals surface area (Å²) < 4.78 is 0. The van der Waals surface area contributed by atoms with E-state index in [1.165, 1.54) is 45.4 Å². The molecular formula is C12H22N2O. The fourth-order valence-electron chi connectivity index (χ4n) is 3.17. The number of aliphatic hydroxyl groups excluding tert-OH is 1. The molecule has 2 unspecified atom stereocenters. The average molecular weight is 210 g/mol. The largest absolute Gasteiger partial charge is 0.393 e. The smallest absolute Gasteiger partial charge is 0.0555 e. The molecular weight excluding hydrogens is 188 g/mol. The van der Waals surface area contributed by atoms with E-state index in [1.54, 1.807) is 0 Å². The van der Waals surface area contributed by atoms with Gasteiger partial charge in [0.25, 0.3) is 0 Å². The van der Waals surface area contributed by atoms with Crippen LogP contribution in [0.4, 0.5) is 0 Å². The highest BCUT2D eigenvalue weighted by Gasteiger charge is 2.34. The van der Waals surface area contributed by atoms with Crippen LogP contribution in [-0.4, -0.2) is 59.3 Å². The van der Waals surface area contributed by atoms with Gasteiger partial charge in [0.05, 0.1) is 6.10 Å². The molecule has 2 aliphatic carbocycles. The average Bonchev–Trinajstić information content (AvgIpc) is 3.02. The summed E-state index contributed by atoms with van der Waals surface area (Å²) in [6, 6.07) is 1.61. The molecule has 2 saturated carbocycles. The van der Waals surface area contributed by atoms with Gasteiger partial charge in [-0.1, -0.05) is 0 Å². The van der Waals surface area contributed by atoms with Gasteiger partial charge in [0.2, 0.25) is 0 Å². The molecule has 2 atom stereocenters. The lowest BCUT2D eigenvalue weighted by molar-refractivity contribution is 0.0850. The quantitative estimate of drug-likeness (QED) is 0.726. The zero-order valence-electron chi connectivity index (χ0n) is 9.44. The molecule has 15 heavy (non-hydrogen) atoms. The molecule has 1 N–H and O–H groups in total. The van der Waals surface area contributed by atoms with Crippen LogP contribution in [0.5, 0.6) is 0 Å². The van der Waals surface area contributed by atoms with Crippen LogP contribution in [0.2, 0.25) is 0 Å². The maximum absolute atomic E-state index is 9.54. The van der Waals surface area contributed by atoms with Gasteiger partial charge in [-0.15, -0.1) is 0 Å². The minimum Gasteiger partial charge on any atom is -0.393 e. The highest BCUT2D eigenvalue weighted by atomic mass is 16.3. The highest BCUT2D eigenvalue weighted by molar-refractivity contribution is 4.90. The van der Waals surface area contributed by atoms with Gasteiger partial charge in [0.1, 0.15) is 0 Å². The zero-order chi connectivity index (χ0) is 10.3. The standard InChI is InChI=1S/C12H22N2O/c15-12-4-3-11(9-12)14-7-5-13(6-8-14)10-1-2-10/h10-12,15H,1-9H2. The lowest BCUT2D eigenvalue weighted by Gasteiger charge is -2.38. The summed E-state index contributed by atoms with van der Waals surface area (Å²) in [6.07, 6.45) is 6.10. The van der Waals surface area contributed by atoms with Crippen LogP contribution in [0.1, 0.15) is 32.1 Å². The second-order valence-corrected chi connectivity index (χ2v) is 5.42. The predicted octanol–water partition coefficient (Wildman–Crippen LogP) is 0.680. The van der Waals surface area contributed by atoms with Gasteiger partial charge in [-0.25, -0.2) is 0 Å². The maximum Gasteiger partial charge on any atom is 0.0555 e. The Morgan fingerprint density at radius 2 is 1.27 bits per heavy atom. The molecule has 0 spiro atoms. The van der Waals surface area contributed by atoms with Crippen molar-refractivity contribution < 1.29 is 5.11 Å². The third-order valence-electron chi connectivity index (χ3n) is 4.31. The van der Waals surface area contributed by atoms with E-state index in [4.69, 9.17) is 0 Å². The van der Waals surface area contributed by atoms with Crippen molar-refractivity contribution in [2.45, 2.75) is 50.3 Å². The Bertz CT molecular complexity index is 222. The third kappa shape index (κ3) is 2.19. The van der Waals surface area contributed by atoms with Crippen molar-refractivity contribution in [3.63, 3.8) is 0 Å². The van der Waals surface area contributed by atoms with E-state index in [2.05, 4.69) is 9.80 Å². The first-order valence-electron chi connectivity index (χ1n) is 6.49. The summed E-state index contributed by atoms with van der Waals surface area (Å²) in [5.74, 6) is 0. The highest BCUT2D eigenvalue weighted by Crippen LogP contribution is 2.29. The maximum atomic E-state index is 9.54. The Morgan fingerprint density at radius 1 is 0.733 bits per heavy atom. The van der Waals surface area contributed by atoms with Crippen molar-refractivity contribution >= 4 is 0 Å². The number of aliphatic hydroxyl groups is 1. The van der Waals surface area contributed by atoms with Gasteiger partial charge < -0.3 is 5.11 Å². The number of hydrogen-bond donors (Lipinski definition) is 1. The van der Waals surface area contributed by atoms with E-state index >= 15 is 0 Å². The predicted molar refractivity (Wildman–Crippen MR) is 59.8 cm³/mol. The third-order valence-corrected chi connectivity index (χ3v) is 4.31. The monoisotopic (exact) mass is 210 g/mol. The summed E-state index contributed by atoms with van der Waals surface area (Å²) in [7, 11) is 0. The van der Waals surface area contributed by atoms with E-state index in [1.807, 2.05) is 0 Å². The van der Waals surface area contributed by atoms with Gasteiger partial charge in [0, 0.05) is 38.3 Å². The van der Waals surface area contributed by atoms with Crippen LogP contribution in [0.15, 0.2) is 0 Å². The molecule has 0 radical (unpaired) electrons. The minimum absolute atomic E-state index is 0.0172. The Labute approximate surface area is 92.1 Å². The van der Waals surface area contributed by atoms with Crippen molar-refractivity contribution in [3.05, 3.63) is 0 Å². The SMILES string of the molecule is OC1CCC(N2CCN(C3CC3)CC2)C1. The second kappa shape index (κ2) is 4.04. The second-order valence-electron chi connectivity index (χ2n) is 5.42. The van der Waals surface area contributed by atoms with Crippen LogP contribution in [0.25, 0.3) is 0 Å². The normalized spacial score (nSPS) is 39.8. The van der Waals surface area contributed by atoms with Crippen molar-refractivity contribution in [1.82, 2.24) is 9.80 Å². The number of piperazine rings is 1. The fourth-order valence-corrected chi connectivity index (χ4v) is 3.17. The van der Waals surface area contributed by atoms with E-state index in [9.17, 15) is 5.11 Å². The van der Waals surface area contributed by atoms with Crippen LogP contribution in [0.3, 0.4) is 0 Å². The Kier molecular flexibility index (Phi) is 2.71. The Morgan fingerprint density at radius 3 is 1.73 bits per heavy atom. The zero-order valence-corrected chi connectivity index (χ0v) is 9.44. The summed E-state index contributed by atoms with van der Waals surface area (Å²) in [5, 5.41) is 9.54. The van der Waals surface area contributed by atoms with Gasteiger partial charge >= 0.3 is 0 Å². The van der Waals surface area contributed by atoms with Crippen LogP contribution < -0.4 is 0 Å². The van der Waals surface area contributed by atoms with E-state index < -0.39 is 0 Å². The van der Waals surface area contributed by atoms with Crippen LogP contribution >= 0.6 is 0 Å². The molecule has 1 heterocycles. The van der Waals surface area contributed by atoms with Crippen molar-refractivity contribution in [2.24, 2.45) is 0 Å². The van der Waals surface area contributed by atoms with Crippen molar-refractivity contribution in [2.75, 3.05) is 26.2 Å². The van der Waals surface area contributed by atoms with E-state index in [0.29, 0.717) is 6.04 Å². The first-order valence-corrected chi connectivity index (χ1v) is 6.49. The van der Waals surface area contributed by atoms with Crippen LogP contribution in [-0.2, 0) is 0 Å². The molecule has 1 saturated heterocycles. The van der Waals surface area contributed by atoms with Gasteiger partial charge in [-0.05, 0) is 32.1 Å². The molecule has 3 nitrogen and oxygen atoms in total. The minimum atomic E-state index is -0.0172. The fraction of sp³-hybridized carbons (Fsp3) is 1.00. The van der Waals surface area contributed by atoms with Crippen molar-refractivity contribution in [1.29, 1.82) is 0 Å². The molecule has 1 aliphatic heterocycles. The summed E-state index contributed by atoms with van der Waals surface area (Å²) in [5.41, 5.74) is 0. The summed E-state index contributed by atoms with van der Waals surface area (Å²) in [6.45, 7) is 4.98. The number of hydrogen-bond acceptors (Lipinski definition) is 3. The number of nitrogens with zero attached hydrogens (tertiary/aromatic N) is 2. The molecule has 0 aromatic heterocycles. The van der Waals surface area contributed by atoms with Gasteiger partial charge in [0.15, 0.2) is 0 Å². The summed E-state index contributed by atoms with van der Waals surface area (Å²) in [4.78, 5) is 5.26. The summed E-state index contributed by atoms with van der Waals surface area (Å²) >= 11 is 0. The molecule has 0 aromatic carbocycles. The molecule has 0 bridgehead atoms. The molecule has 0 aromatic rings. The Hall–Kier alpha value is -0.120.